The van der Waals surface area contributed by atoms with E-state index in [2.05, 4.69) is 5.32 Å². The SMILES string of the molecule is CCNC(CCOc1cccc(COC)c1)C(=O)OCC. The van der Waals surface area contributed by atoms with E-state index < -0.39 is 0 Å². The molecule has 0 aliphatic rings. The van der Waals surface area contributed by atoms with Gasteiger partial charge in [0.2, 0.25) is 0 Å². The van der Waals surface area contributed by atoms with Gasteiger partial charge in [0, 0.05) is 13.5 Å². The number of hydrogen-bond acceptors (Lipinski definition) is 5. The molecule has 118 valence electrons. The van der Waals surface area contributed by atoms with Crippen LogP contribution in [0.3, 0.4) is 0 Å². The first-order valence-electron chi connectivity index (χ1n) is 7.31. The monoisotopic (exact) mass is 295 g/mol. The van der Waals surface area contributed by atoms with Gasteiger partial charge in [0.15, 0.2) is 0 Å². The number of benzene rings is 1. The maximum atomic E-state index is 11.8. The van der Waals surface area contributed by atoms with Crippen molar-refractivity contribution in [1.82, 2.24) is 5.32 Å². The lowest BCUT2D eigenvalue weighted by Crippen LogP contribution is -2.39. The Kier molecular flexibility index (Phi) is 8.47. The highest BCUT2D eigenvalue weighted by Crippen LogP contribution is 2.14. The third-order valence-corrected chi connectivity index (χ3v) is 2.91. The van der Waals surface area contributed by atoms with Crippen LogP contribution in [0.1, 0.15) is 25.8 Å². The zero-order valence-electron chi connectivity index (χ0n) is 13.1. The van der Waals surface area contributed by atoms with Crippen molar-refractivity contribution in [3.63, 3.8) is 0 Å². The molecule has 0 amide bonds. The minimum atomic E-state index is -0.322. The summed E-state index contributed by atoms with van der Waals surface area (Å²) in [6.07, 6.45) is 0.571. The predicted octanol–water partition coefficient (Wildman–Crippen LogP) is 2.14. The molecule has 5 nitrogen and oxygen atoms in total. The first kappa shape index (κ1) is 17.5. The molecule has 1 unspecified atom stereocenters. The molecule has 0 saturated carbocycles. The Balaban J connectivity index is 2.45. The molecule has 21 heavy (non-hydrogen) atoms. The van der Waals surface area contributed by atoms with Gasteiger partial charge in [-0.05, 0) is 31.2 Å². The Labute approximate surface area is 126 Å². The van der Waals surface area contributed by atoms with E-state index in [1.807, 2.05) is 31.2 Å². The minimum Gasteiger partial charge on any atom is -0.494 e. The Morgan fingerprint density at radius 1 is 1.33 bits per heavy atom. The highest BCUT2D eigenvalue weighted by atomic mass is 16.5. The third-order valence-electron chi connectivity index (χ3n) is 2.91. The fourth-order valence-corrected chi connectivity index (χ4v) is 1.98. The molecule has 0 heterocycles. The number of ether oxygens (including phenoxy) is 3. The molecule has 0 aliphatic carbocycles. The summed E-state index contributed by atoms with van der Waals surface area (Å²) in [5.41, 5.74) is 1.06. The van der Waals surface area contributed by atoms with Gasteiger partial charge in [0.1, 0.15) is 11.8 Å². The van der Waals surface area contributed by atoms with Crippen LogP contribution in [0, 0.1) is 0 Å². The molecule has 1 atom stereocenters. The summed E-state index contributed by atoms with van der Waals surface area (Å²) < 4.78 is 15.8. The quantitative estimate of drug-likeness (QED) is 0.670. The van der Waals surface area contributed by atoms with Crippen molar-refractivity contribution in [1.29, 1.82) is 0 Å². The van der Waals surface area contributed by atoms with Crippen LogP contribution in [0.15, 0.2) is 24.3 Å². The smallest absolute Gasteiger partial charge is 0.323 e. The molecule has 0 aromatic heterocycles. The predicted molar refractivity (Wildman–Crippen MR) is 81.4 cm³/mol. The molecule has 1 rings (SSSR count). The van der Waals surface area contributed by atoms with Crippen molar-refractivity contribution in [3.05, 3.63) is 29.8 Å². The number of hydrogen-bond donors (Lipinski definition) is 1. The van der Waals surface area contributed by atoms with Crippen molar-refractivity contribution < 1.29 is 19.0 Å². The molecular weight excluding hydrogens is 270 g/mol. The zero-order valence-corrected chi connectivity index (χ0v) is 13.1. The van der Waals surface area contributed by atoms with Gasteiger partial charge in [-0.3, -0.25) is 4.79 Å². The summed E-state index contributed by atoms with van der Waals surface area (Å²) in [6, 6.07) is 7.42. The minimum absolute atomic E-state index is 0.226. The lowest BCUT2D eigenvalue weighted by molar-refractivity contribution is -0.146. The largest absolute Gasteiger partial charge is 0.494 e. The summed E-state index contributed by atoms with van der Waals surface area (Å²) in [7, 11) is 1.66. The van der Waals surface area contributed by atoms with Crippen LogP contribution >= 0.6 is 0 Å². The van der Waals surface area contributed by atoms with Gasteiger partial charge in [0.25, 0.3) is 0 Å². The number of carbonyl (C=O) groups is 1. The van der Waals surface area contributed by atoms with Gasteiger partial charge >= 0.3 is 5.97 Å². The second-order valence-corrected chi connectivity index (χ2v) is 4.58. The van der Waals surface area contributed by atoms with E-state index in [0.717, 1.165) is 11.3 Å². The Morgan fingerprint density at radius 3 is 2.81 bits per heavy atom. The van der Waals surface area contributed by atoms with Crippen LogP contribution in [0.4, 0.5) is 0 Å². The maximum Gasteiger partial charge on any atom is 0.323 e. The van der Waals surface area contributed by atoms with Gasteiger partial charge in [-0.2, -0.15) is 0 Å². The van der Waals surface area contributed by atoms with E-state index in [1.54, 1.807) is 14.0 Å². The first-order valence-corrected chi connectivity index (χ1v) is 7.31. The van der Waals surface area contributed by atoms with Crippen molar-refractivity contribution in [3.8, 4) is 5.75 Å². The molecule has 1 aromatic carbocycles. The molecule has 0 bridgehead atoms. The number of likely N-dealkylation sites (N-methyl/N-ethyl adjacent to an activating group) is 1. The number of esters is 1. The Morgan fingerprint density at radius 2 is 2.14 bits per heavy atom. The summed E-state index contributed by atoms with van der Waals surface area (Å²) in [5, 5.41) is 3.11. The van der Waals surface area contributed by atoms with Gasteiger partial charge in [-0.15, -0.1) is 0 Å². The highest BCUT2D eigenvalue weighted by molar-refractivity contribution is 5.75. The maximum absolute atomic E-state index is 11.8. The van der Waals surface area contributed by atoms with E-state index in [-0.39, 0.29) is 12.0 Å². The standard InChI is InChI=1S/C16H25NO4/c1-4-17-15(16(18)20-5-2)9-10-21-14-8-6-7-13(11-14)12-19-3/h6-8,11,15,17H,4-5,9-10,12H2,1-3H3. The van der Waals surface area contributed by atoms with Crippen molar-refractivity contribution in [2.45, 2.75) is 32.9 Å². The number of rotatable bonds is 10. The lowest BCUT2D eigenvalue weighted by atomic mass is 10.2. The Bertz CT molecular complexity index is 422. The third kappa shape index (κ3) is 6.60. The molecule has 0 saturated heterocycles. The average molecular weight is 295 g/mol. The lowest BCUT2D eigenvalue weighted by Gasteiger charge is -2.16. The van der Waals surface area contributed by atoms with Gasteiger partial charge in [0.05, 0.1) is 19.8 Å². The van der Waals surface area contributed by atoms with Gasteiger partial charge in [-0.25, -0.2) is 0 Å². The molecule has 0 radical (unpaired) electrons. The van der Waals surface area contributed by atoms with Gasteiger partial charge in [-0.1, -0.05) is 19.1 Å². The summed E-state index contributed by atoms with van der Waals surface area (Å²) in [5.74, 6) is 0.555. The van der Waals surface area contributed by atoms with E-state index in [1.165, 1.54) is 0 Å². The van der Waals surface area contributed by atoms with E-state index in [0.29, 0.717) is 32.8 Å². The average Bonchev–Trinajstić information content (AvgIpc) is 2.47. The first-order chi connectivity index (χ1) is 10.2. The number of methoxy groups -OCH3 is 1. The van der Waals surface area contributed by atoms with Gasteiger partial charge < -0.3 is 19.5 Å². The van der Waals surface area contributed by atoms with Crippen molar-refractivity contribution >= 4 is 5.97 Å². The van der Waals surface area contributed by atoms with Crippen molar-refractivity contribution in [2.75, 3.05) is 26.9 Å². The van der Waals surface area contributed by atoms with Crippen LogP contribution in [0.25, 0.3) is 0 Å². The number of carbonyl (C=O) groups excluding carboxylic acids is 1. The molecule has 1 N–H and O–H groups in total. The topological polar surface area (TPSA) is 56.8 Å². The van der Waals surface area contributed by atoms with Crippen LogP contribution in [0.2, 0.25) is 0 Å². The molecule has 0 fully saturated rings. The van der Waals surface area contributed by atoms with Crippen LogP contribution < -0.4 is 10.1 Å². The highest BCUT2D eigenvalue weighted by Gasteiger charge is 2.18. The summed E-state index contributed by atoms with van der Waals surface area (Å²) in [4.78, 5) is 11.8. The summed E-state index contributed by atoms with van der Waals surface area (Å²) in [6.45, 7) is 5.88. The zero-order chi connectivity index (χ0) is 15.5. The second-order valence-electron chi connectivity index (χ2n) is 4.58. The summed E-state index contributed by atoms with van der Waals surface area (Å²) >= 11 is 0. The number of nitrogens with one attached hydrogen (secondary N) is 1. The normalized spacial score (nSPS) is 12.0. The molecule has 1 aromatic rings. The Hall–Kier alpha value is -1.59. The molecule has 5 heteroatoms. The van der Waals surface area contributed by atoms with E-state index in [4.69, 9.17) is 14.2 Å². The van der Waals surface area contributed by atoms with E-state index >= 15 is 0 Å². The van der Waals surface area contributed by atoms with Crippen LogP contribution in [-0.4, -0.2) is 38.9 Å². The van der Waals surface area contributed by atoms with Crippen LogP contribution in [0.5, 0.6) is 5.75 Å². The fourth-order valence-electron chi connectivity index (χ4n) is 1.98. The molecule has 0 spiro atoms. The fraction of sp³-hybridized carbons (Fsp3) is 0.562. The molecule has 0 aliphatic heterocycles. The van der Waals surface area contributed by atoms with Crippen LogP contribution in [-0.2, 0) is 20.9 Å². The van der Waals surface area contributed by atoms with E-state index in [9.17, 15) is 4.79 Å². The molecular formula is C16H25NO4. The van der Waals surface area contributed by atoms with Crippen molar-refractivity contribution in [2.24, 2.45) is 0 Å². The second kappa shape index (κ2) is 10.2.